The van der Waals surface area contributed by atoms with Crippen LogP contribution < -0.4 is 5.32 Å². The molecule has 30 heavy (non-hydrogen) atoms. The first-order valence-electron chi connectivity index (χ1n) is 10.2. The van der Waals surface area contributed by atoms with Crippen molar-refractivity contribution in [3.05, 3.63) is 64.0 Å². The van der Waals surface area contributed by atoms with Crippen molar-refractivity contribution in [2.75, 3.05) is 19.6 Å². The van der Waals surface area contributed by atoms with Crippen molar-refractivity contribution in [3.8, 4) is 9.88 Å². The van der Waals surface area contributed by atoms with Gasteiger partial charge in [0.15, 0.2) is 0 Å². The molecule has 1 aliphatic rings. The van der Waals surface area contributed by atoms with Crippen LogP contribution in [-0.2, 0) is 11.2 Å². The number of rotatable bonds is 6. The molecule has 156 valence electrons. The zero-order valence-electron chi connectivity index (χ0n) is 17.0. The predicted molar refractivity (Wildman–Crippen MR) is 122 cm³/mol. The standard InChI is InChI=1S/C23H25N3O2S2/c1-16-4-6-18(7-5-16)23(28)26-12-9-17(10-13-26)21(27)24-11-8-19-15-30-22(25-19)20-3-2-14-29-20/h2-7,14-15,17H,8-13H2,1H3,(H,24,27). The van der Waals surface area contributed by atoms with Gasteiger partial charge in [-0.15, -0.1) is 22.7 Å². The Hall–Kier alpha value is -2.51. The lowest BCUT2D eigenvalue weighted by molar-refractivity contribution is -0.126. The molecule has 5 nitrogen and oxygen atoms in total. The Balaban J connectivity index is 1.21. The van der Waals surface area contributed by atoms with Crippen molar-refractivity contribution in [1.82, 2.24) is 15.2 Å². The van der Waals surface area contributed by atoms with Crippen molar-refractivity contribution < 1.29 is 9.59 Å². The topological polar surface area (TPSA) is 62.3 Å². The second kappa shape index (κ2) is 9.53. The van der Waals surface area contributed by atoms with Crippen LogP contribution >= 0.6 is 22.7 Å². The summed E-state index contributed by atoms with van der Waals surface area (Å²) in [5, 5.41) is 8.21. The van der Waals surface area contributed by atoms with Crippen LogP contribution in [0.5, 0.6) is 0 Å². The highest BCUT2D eigenvalue weighted by molar-refractivity contribution is 7.20. The fourth-order valence-electron chi connectivity index (χ4n) is 3.62. The molecular formula is C23H25N3O2S2. The fraction of sp³-hybridized carbons (Fsp3) is 0.348. The first kappa shape index (κ1) is 20.8. The maximum Gasteiger partial charge on any atom is 0.253 e. The van der Waals surface area contributed by atoms with E-state index in [0.29, 0.717) is 38.0 Å². The number of benzene rings is 1. The van der Waals surface area contributed by atoms with E-state index in [9.17, 15) is 9.59 Å². The Morgan fingerprint density at radius 1 is 1.13 bits per heavy atom. The zero-order chi connectivity index (χ0) is 20.9. The Kier molecular flexibility index (Phi) is 6.59. The lowest BCUT2D eigenvalue weighted by atomic mass is 9.95. The van der Waals surface area contributed by atoms with Gasteiger partial charge in [-0.25, -0.2) is 4.98 Å². The summed E-state index contributed by atoms with van der Waals surface area (Å²) in [6, 6.07) is 11.8. The Morgan fingerprint density at radius 3 is 2.60 bits per heavy atom. The maximum absolute atomic E-state index is 12.6. The van der Waals surface area contributed by atoms with E-state index in [4.69, 9.17) is 0 Å². The van der Waals surface area contributed by atoms with Crippen LogP contribution in [0.4, 0.5) is 0 Å². The van der Waals surface area contributed by atoms with Crippen LogP contribution in [-0.4, -0.2) is 41.3 Å². The smallest absolute Gasteiger partial charge is 0.253 e. The highest BCUT2D eigenvalue weighted by Crippen LogP contribution is 2.27. The van der Waals surface area contributed by atoms with E-state index in [1.54, 1.807) is 22.7 Å². The van der Waals surface area contributed by atoms with Crippen LogP contribution in [0.1, 0.15) is 34.5 Å². The SMILES string of the molecule is Cc1ccc(C(=O)N2CCC(C(=O)NCCc3csc(-c4cccs4)n3)CC2)cc1. The number of hydrogen-bond donors (Lipinski definition) is 1. The van der Waals surface area contributed by atoms with E-state index < -0.39 is 0 Å². The van der Waals surface area contributed by atoms with Gasteiger partial charge in [-0.3, -0.25) is 9.59 Å². The molecule has 3 aromatic rings. The number of thiophene rings is 1. The summed E-state index contributed by atoms with van der Waals surface area (Å²) in [4.78, 5) is 32.9. The highest BCUT2D eigenvalue weighted by atomic mass is 32.1. The molecule has 1 saturated heterocycles. The molecule has 1 fully saturated rings. The molecule has 0 atom stereocenters. The minimum atomic E-state index is -0.0239. The minimum absolute atomic E-state index is 0.0239. The molecule has 0 radical (unpaired) electrons. The number of thiazole rings is 1. The average Bonchev–Trinajstić information content (AvgIpc) is 3.46. The van der Waals surface area contributed by atoms with Crippen molar-refractivity contribution in [2.24, 2.45) is 5.92 Å². The van der Waals surface area contributed by atoms with Gasteiger partial charge in [0.1, 0.15) is 5.01 Å². The van der Waals surface area contributed by atoms with Gasteiger partial charge in [0, 0.05) is 42.9 Å². The van der Waals surface area contributed by atoms with E-state index >= 15 is 0 Å². The summed E-state index contributed by atoms with van der Waals surface area (Å²) in [5.74, 6) is 0.120. The number of piperidine rings is 1. The molecule has 0 unspecified atom stereocenters. The monoisotopic (exact) mass is 439 g/mol. The van der Waals surface area contributed by atoms with Gasteiger partial charge in [0.05, 0.1) is 10.6 Å². The third-order valence-corrected chi connectivity index (χ3v) is 7.35. The van der Waals surface area contributed by atoms with Crippen LogP contribution in [0.25, 0.3) is 9.88 Å². The molecule has 0 bridgehead atoms. The van der Waals surface area contributed by atoms with E-state index in [0.717, 1.165) is 22.7 Å². The largest absolute Gasteiger partial charge is 0.355 e. The summed E-state index contributed by atoms with van der Waals surface area (Å²) in [6.45, 7) is 3.85. The normalized spacial score (nSPS) is 14.6. The third kappa shape index (κ3) is 4.96. The van der Waals surface area contributed by atoms with Gasteiger partial charge < -0.3 is 10.2 Å². The van der Waals surface area contributed by atoms with Crippen molar-refractivity contribution >= 4 is 34.5 Å². The summed E-state index contributed by atoms with van der Waals surface area (Å²) < 4.78 is 0. The number of carbonyl (C=O) groups excluding carboxylic acids is 2. The molecule has 4 rings (SSSR count). The van der Waals surface area contributed by atoms with Crippen LogP contribution in [0.15, 0.2) is 47.2 Å². The van der Waals surface area contributed by atoms with Gasteiger partial charge in [0.25, 0.3) is 5.91 Å². The molecule has 3 heterocycles. The van der Waals surface area contributed by atoms with Gasteiger partial charge in [-0.1, -0.05) is 23.8 Å². The molecule has 1 N–H and O–H groups in total. The summed E-state index contributed by atoms with van der Waals surface area (Å²) >= 11 is 3.33. The van der Waals surface area contributed by atoms with E-state index in [-0.39, 0.29) is 17.7 Å². The van der Waals surface area contributed by atoms with Crippen molar-refractivity contribution in [2.45, 2.75) is 26.2 Å². The molecule has 0 saturated carbocycles. The number of carbonyl (C=O) groups is 2. The molecule has 2 aromatic heterocycles. The Morgan fingerprint density at radius 2 is 1.90 bits per heavy atom. The van der Waals surface area contributed by atoms with Gasteiger partial charge in [0.2, 0.25) is 5.91 Å². The molecular weight excluding hydrogens is 414 g/mol. The number of nitrogens with one attached hydrogen (secondary N) is 1. The lowest BCUT2D eigenvalue weighted by Gasteiger charge is -2.31. The number of hydrogen-bond acceptors (Lipinski definition) is 5. The van der Waals surface area contributed by atoms with Crippen LogP contribution in [0.3, 0.4) is 0 Å². The Labute approximate surface area is 184 Å². The molecule has 7 heteroatoms. The van der Waals surface area contributed by atoms with E-state index in [1.807, 2.05) is 42.2 Å². The summed E-state index contributed by atoms with van der Waals surface area (Å²) in [5.41, 5.74) is 2.87. The lowest BCUT2D eigenvalue weighted by Crippen LogP contribution is -2.43. The van der Waals surface area contributed by atoms with Gasteiger partial charge in [-0.2, -0.15) is 0 Å². The van der Waals surface area contributed by atoms with E-state index in [1.165, 1.54) is 4.88 Å². The number of likely N-dealkylation sites (tertiary alicyclic amines) is 1. The average molecular weight is 440 g/mol. The van der Waals surface area contributed by atoms with Gasteiger partial charge in [-0.05, 0) is 43.3 Å². The Bertz CT molecular complexity index is 988. The predicted octanol–water partition coefficient (Wildman–Crippen LogP) is 4.39. The van der Waals surface area contributed by atoms with Gasteiger partial charge >= 0.3 is 0 Å². The molecule has 0 aliphatic carbocycles. The van der Waals surface area contributed by atoms with Crippen molar-refractivity contribution in [1.29, 1.82) is 0 Å². The van der Waals surface area contributed by atoms with E-state index in [2.05, 4.69) is 27.1 Å². The summed E-state index contributed by atoms with van der Waals surface area (Å²) in [7, 11) is 0. The highest BCUT2D eigenvalue weighted by Gasteiger charge is 2.27. The molecule has 2 amide bonds. The fourth-order valence-corrected chi connectivity index (χ4v) is 5.29. The molecule has 1 aromatic carbocycles. The first-order chi connectivity index (χ1) is 14.6. The number of nitrogens with zero attached hydrogens (tertiary/aromatic N) is 2. The summed E-state index contributed by atoms with van der Waals surface area (Å²) in [6.07, 6.45) is 2.16. The molecule has 1 aliphatic heterocycles. The van der Waals surface area contributed by atoms with Crippen LogP contribution in [0, 0.1) is 12.8 Å². The van der Waals surface area contributed by atoms with Crippen molar-refractivity contribution in [3.63, 3.8) is 0 Å². The second-order valence-electron chi connectivity index (χ2n) is 7.59. The number of aromatic nitrogens is 1. The quantitative estimate of drug-likeness (QED) is 0.620. The minimum Gasteiger partial charge on any atom is -0.355 e. The third-order valence-electron chi connectivity index (χ3n) is 5.42. The number of aryl methyl sites for hydroxylation is 1. The first-order valence-corrected chi connectivity index (χ1v) is 12.0. The second-order valence-corrected chi connectivity index (χ2v) is 9.40. The molecule has 0 spiro atoms. The van der Waals surface area contributed by atoms with Crippen LogP contribution in [0.2, 0.25) is 0 Å². The maximum atomic E-state index is 12.6. The zero-order valence-corrected chi connectivity index (χ0v) is 18.6. The number of amides is 2.